The highest BCUT2D eigenvalue weighted by Gasteiger charge is 2.24. The number of thiazole rings is 1. The standard InChI is InChI=1S/C21H21N3O2S/c1-14-3-5-15(6-4-14)20-23-18-11-12-24(13-19(18)27-20)21(25)22-16-7-9-17(26-2)10-8-16/h3-10H,11-13H2,1-2H3,(H,22,25). The quantitative estimate of drug-likeness (QED) is 0.716. The molecule has 0 unspecified atom stereocenters. The number of rotatable bonds is 3. The number of aryl methyl sites for hydroxylation is 1. The third kappa shape index (κ3) is 3.80. The van der Waals surface area contributed by atoms with E-state index in [2.05, 4.69) is 36.5 Å². The highest BCUT2D eigenvalue weighted by molar-refractivity contribution is 7.15. The molecule has 5 nitrogen and oxygen atoms in total. The summed E-state index contributed by atoms with van der Waals surface area (Å²) in [5.74, 6) is 0.768. The van der Waals surface area contributed by atoms with Gasteiger partial charge in [0.25, 0.3) is 0 Å². The predicted molar refractivity (Wildman–Crippen MR) is 108 cm³/mol. The van der Waals surface area contributed by atoms with E-state index in [1.165, 1.54) is 10.4 Å². The van der Waals surface area contributed by atoms with Crippen LogP contribution in [0.15, 0.2) is 48.5 Å². The average molecular weight is 379 g/mol. The molecule has 0 saturated carbocycles. The second kappa shape index (κ2) is 7.40. The predicted octanol–water partition coefficient (Wildman–Crippen LogP) is 4.72. The third-order valence-electron chi connectivity index (χ3n) is 4.66. The van der Waals surface area contributed by atoms with Crippen LogP contribution in [0.25, 0.3) is 10.6 Å². The van der Waals surface area contributed by atoms with Crippen molar-refractivity contribution >= 4 is 23.1 Å². The monoisotopic (exact) mass is 379 g/mol. The molecule has 2 aromatic carbocycles. The summed E-state index contributed by atoms with van der Waals surface area (Å²) in [7, 11) is 1.62. The summed E-state index contributed by atoms with van der Waals surface area (Å²) in [4.78, 5) is 20.4. The Labute approximate surface area is 162 Å². The fraction of sp³-hybridized carbons (Fsp3) is 0.238. The van der Waals surface area contributed by atoms with Crippen molar-refractivity contribution < 1.29 is 9.53 Å². The first-order valence-electron chi connectivity index (χ1n) is 8.88. The van der Waals surface area contributed by atoms with Crippen LogP contribution in [0.2, 0.25) is 0 Å². The summed E-state index contributed by atoms with van der Waals surface area (Å²) in [6.07, 6.45) is 0.785. The molecule has 6 heteroatoms. The second-order valence-electron chi connectivity index (χ2n) is 6.59. The van der Waals surface area contributed by atoms with Gasteiger partial charge in [0.1, 0.15) is 10.8 Å². The third-order valence-corrected chi connectivity index (χ3v) is 5.79. The number of carbonyl (C=O) groups excluding carboxylic acids is 1. The van der Waals surface area contributed by atoms with Crippen LogP contribution in [0.5, 0.6) is 5.75 Å². The lowest BCUT2D eigenvalue weighted by Gasteiger charge is -2.26. The number of aromatic nitrogens is 1. The molecule has 0 atom stereocenters. The van der Waals surface area contributed by atoms with Crippen molar-refractivity contribution in [3.8, 4) is 16.3 Å². The van der Waals surface area contributed by atoms with Gasteiger partial charge in [-0.15, -0.1) is 11.3 Å². The van der Waals surface area contributed by atoms with Gasteiger partial charge in [-0.3, -0.25) is 0 Å². The Hall–Kier alpha value is -2.86. The van der Waals surface area contributed by atoms with Crippen molar-refractivity contribution in [1.82, 2.24) is 9.88 Å². The van der Waals surface area contributed by atoms with E-state index in [0.29, 0.717) is 13.1 Å². The van der Waals surface area contributed by atoms with Crippen LogP contribution in [0.3, 0.4) is 0 Å². The molecule has 1 aromatic heterocycles. The Balaban J connectivity index is 1.45. The molecule has 0 spiro atoms. The molecule has 0 bridgehead atoms. The van der Waals surface area contributed by atoms with Gasteiger partial charge in [0, 0.05) is 29.1 Å². The number of urea groups is 1. The van der Waals surface area contributed by atoms with Gasteiger partial charge in [0.15, 0.2) is 0 Å². The molecule has 0 aliphatic carbocycles. The van der Waals surface area contributed by atoms with E-state index in [9.17, 15) is 4.79 Å². The van der Waals surface area contributed by atoms with E-state index in [0.717, 1.165) is 34.1 Å². The minimum Gasteiger partial charge on any atom is -0.497 e. The molecular formula is C21H21N3O2S. The number of hydrogen-bond acceptors (Lipinski definition) is 4. The molecule has 4 rings (SSSR count). The Morgan fingerprint density at radius 3 is 2.59 bits per heavy atom. The van der Waals surface area contributed by atoms with E-state index in [-0.39, 0.29) is 6.03 Å². The van der Waals surface area contributed by atoms with Gasteiger partial charge in [-0.05, 0) is 31.2 Å². The van der Waals surface area contributed by atoms with E-state index in [1.54, 1.807) is 18.4 Å². The first-order valence-corrected chi connectivity index (χ1v) is 9.69. The number of benzene rings is 2. The normalized spacial score (nSPS) is 13.2. The number of fused-ring (bicyclic) bond motifs is 1. The molecule has 3 aromatic rings. The molecule has 27 heavy (non-hydrogen) atoms. The molecule has 0 fully saturated rings. The zero-order valence-electron chi connectivity index (χ0n) is 15.4. The van der Waals surface area contributed by atoms with Crippen LogP contribution in [0, 0.1) is 6.92 Å². The number of carbonyl (C=O) groups is 1. The fourth-order valence-corrected chi connectivity index (χ4v) is 4.19. The topological polar surface area (TPSA) is 54.5 Å². The Morgan fingerprint density at radius 1 is 1.15 bits per heavy atom. The lowest BCUT2D eigenvalue weighted by Crippen LogP contribution is -2.38. The van der Waals surface area contributed by atoms with Crippen molar-refractivity contribution in [1.29, 1.82) is 0 Å². The Morgan fingerprint density at radius 2 is 1.89 bits per heavy atom. The maximum absolute atomic E-state index is 12.6. The van der Waals surface area contributed by atoms with Gasteiger partial charge in [-0.25, -0.2) is 9.78 Å². The lowest BCUT2D eigenvalue weighted by molar-refractivity contribution is 0.207. The summed E-state index contributed by atoms with van der Waals surface area (Å²) in [6.45, 7) is 3.35. The summed E-state index contributed by atoms with van der Waals surface area (Å²) in [5, 5.41) is 3.98. The highest BCUT2D eigenvalue weighted by atomic mass is 32.1. The fourth-order valence-electron chi connectivity index (χ4n) is 3.07. The van der Waals surface area contributed by atoms with Crippen LogP contribution in [-0.2, 0) is 13.0 Å². The molecule has 0 radical (unpaired) electrons. The molecule has 1 aliphatic heterocycles. The van der Waals surface area contributed by atoms with E-state index >= 15 is 0 Å². The number of anilines is 1. The van der Waals surface area contributed by atoms with Crippen molar-refractivity contribution in [2.24, 2.45) is 0 Å². The van der Waals surface area contributed by atoms with Gasteiger partial charge in [0.2, 0.25) is 0 Å². The molecule has 1 aliphatic rings. The van der Waals surface area contributed by atoms with E-state index < -0.39 is 0 Å². The first-order chi connectivity index (χ1) is 13.1. The highest BCUT2D eigenvalue weighted by Crippen LogP contribution is 2.32. The number of nitrogens with zero attached hydrogens (tertiary/aromatic N) is 2. The van der Waals surface area contributed by atoms with Crippen LogP contribution < -0.4 is 10.1 Å². The molecule has 2 amide bonds. The summed E-state index contributed by atoms with van der Waals surface area (Å²) in [6, 6.07) is 15.7. The number of methoxy groups -OCH3 is 1. The molecular weight excluding hydrogens is 358 g/mol. The lowest BCUT2D eigenvalue weighted by atomic mass is 10.1. The largest absolute Gasteiger partial charge is 0.497 e. The molecule has 2 heterocycles. The summed E-state index contributed by atoms with van der Waals surface area (Å²) >= 11 is 1.68. The smallest absolute Gasteiger partial charge is 0.322 e. The minimum atomic E-state index is -0.0869. The zero-order chi connectivity index (χ0) is 18.8. The van der Waals surface area contributed by atoms with Crippen molar-refractivity contribution in [2.75, 3.05) is 19.0 Å². The Bertz CT molecular complexity index is 949. The maximum atomic E-state index is 12.6. The zero-order valence-corrected chi connectivity index (χ0v) is 16.2. The van der Waals surface area contributed by atoms with Gasteiger partial charge < -0.3 is 15.0 Å². The molecule has 1 N–H and O–H groups in total. The maximum Gasteiger partial charge on any atom is 0.322 e. The average Bonchev–Trinajstić information content (AvgIpc) is 3.12. The van der Waals surface area contributed by atoms with Crippen LogP contribution >= 0.6 is 11.3 Å². The van der Waals surface area contributed by atoms with Gasteiger partial charge in [-0.1, -0.05) is 29.8 Å². The summed E-state index contributed by atoms with van der Waals surface area (Å²) in [5.41, 5.74) is 4.25. The number of hydrogen-bond donors (Lipinski definition) is 1. The first kappa shape index (κ1) is 17.5. The number of nitrogens with one attached hydrogen (secondary N) is 1. The van der Waals surface area contributed by atoms with Gasteiger partial charge in [-0.2, -0.15) is 0 Å². The van der Waals surface area contributed by atoms with Gasteiger partial charge >= 0.3 is 6.03 Å². The van der Waals surface area contributed by atoms with Crippen LogP contribution in [-0.4, -0.2) is 29.6 Å². The van der Waals surface area contributed by atoms with E-state index in [1.807, 2.05) is 29.2 Å². The molecule has 138 valence electrons. The number of ether oxygens (including phenoxy) is 1. The Kier molecular flexibility index (Phi) is 4.81. The van der Waals surface area contributed by atoms with E-state index in [4.69, 9.17) is 9.72 Å². The second-order valence-corrected chi connectivity index (χ2v) is 7.67. The van der Waals surface area contributed by atoms with Crippen molar-refractivity contribution in [2.45, 2.75) is 19.9 Å². The minimum absolute atomic E-state index is 0.0869. The van der Waals surface area contributed by atoms with Crippen LogP contribution in [0.4, 0.5) is 10.5 Å². The summed E-state index contributed by atoms with van der Waals surface area (Å²) < 4.78 is 5.15. The SMILES string of the molecule is COc1ccc(NC(=O)N2CCc3nc(-c4ccc(C)cc4)sc3C2)cc1. The van der Waals surface area contributed by atoms with Crippen molar-refractivity contribution in [3.63, 3.8) is 0 Å². The van der Waals surface area contributed by atoms with Gasteiger partial charge in [0.05, 0.1) is 19.3 Å². The van der Waals surface area contributed by atoms with Crippen LogP contribution in [0.1, 0.15) is 16.1 Å². The number of amides is 2. The van der Waals surface area contributed by atoms with Crippen molar-refractivity contribution in [3.05, 3.63) is 64.7 Å². The molecule has 0 saturated heterocycles.